The summed E-state index contributed by atoms with van der Waals surface area (Å²) in [6.45, 7) is 13.9. The summed E-state index contributed by atoms with van der Waals surface area (Å²) in [6, 6.07) is 9.45. The average Bonchev–Trinajstić information content (AvgIpc) is 2.81. The van der Waals surface area contributed by atoms with Crippen molar-refractivity contribution in [3.63, 3.8) is 0 Å². The molecule has 0 bridgehead atoms. The van der Waals surface area contributed by atoms with Crippen LogP contribution in [0.25, 0.3) is 5.69 Å². The van der Waals surface area contributed by atoms with Crippen LogP contribution in [0.2, 0.25) is 0 Å². The van der Waals surface area contributed by atoms with Crippen molar-refractivity contribution in [2.75, 3.05) is 0 Å². The largest absolute Gasteiger partial charge is 0.267 e. The molecule has 1 aromatic heterocycles. The van der Waals surface area contributed by atoms with Gasteiger partial charge in [0.15, 0.2) is 0 Å². The first-order valence-electron chi connectivity index (χ1n) is 9.52. The van der Waals surface area contributed by atoms with E-state index >= 15 is 0 Å². The van der Waals surface area contributed by atoms with Crippen molar-refractivity contribution >= 4 is 0 Å². The maximum absolute atomic E-state index is 2.68. The number of aromatic nitrogens is 2. The lowest BCUT2D eigenvalue weighted by Gasteiger charge is -2.25. The number of rotatable bonds is 2. The molecule has 0 aliphatic heterocycles. The number of nitrogens with zero attached hydrogens (tertiary/aromatic N) is 2. The molecule has 1 saturated carbocycles. The smallest absolute Gasteiger partial charge is 0.228 e. The van der Waals surface area contributed by atoms with E-state index < -0.39 is 0 Å². The molecule has 2 heteroatoms. The second-order valence-electron chi connectivity index (χ2n) is 8.53. The van der Waals surface area contributed by atoms with Crippen LogP contribution in [0.15, 0.2) is 24.3 Å². The molecule has 3 rings (SSSR count). The first-order valence-corrected chi connectivity index (χ1v) is 9.52. The van der Waals surface area contributed by atoms with Crippen LogP contribution >= 0.6 is 0 Å². The van der Waals surface area contributed by atoms with Gasteiger partial charge in [0, 0.05) is 13.8 Å². The zero-order valence-corrected chi connectivity index (χ0v) is 16.3. The van der Waals surface area contributed by atoms with Crippen molar-refractivity contribution < 1.29 is 4.57 Å². The predicted octanol–water partition coefficient (Wildman–Crippen LogP) is 5.49. The highest BCUT2D eigenvalue weighted by atomic mass is 15.2. The number of para-hydroxylation sites is 1. The number of benzene rings is 1. The molecule has 0 radical (unpaired) electrons. The molecule has 0 amide bonds. The van der Waals surface area contributed by atoms with E-state index in [1.54, 1.807) is 0 Å². The maximum Gasteiger partial charge on any atom is 0.267 e. The van der Waals surface area contributed by atoms with Crippen molar-refractivity contribution in [1.29, 1.82) is 0 Å². The molecule has 0 spiro atoms. The average molecular weight is 326 g/mol. The van der Waals surface area contributed by atoms with Crippen LogP contribution in [0.3, 0.4) is 0 Å². The van der Waals surface area contributed by atoms with Crippen molar-refractivity contribution in [3.05, 3.63) is 47.0 Å². The highest BCUT2D eigenvalue weighted by Gasteiger charge is 2.39. The van der Waals surface area contributed by atoms with Crippen LogP contribution in [0, 0.1) is 20.8 Å². The van der Waals surface area contributed by atoms with Gasteiger partial charge in [0.25, 0.3) is 5.82 Å². The lowest BCUT2D eigenvalue weighted by molar-refractivity contribution is -0.739. The molecule has 24 heavy (non-hydrogen) atoms. The normalized spacial score (nSPS) is 16.6. The van der Waals surface area contributed by atoms with Crippen LogP contribution in [-0.2, 0) is 5.41 Å². The summed E-state index contributed by atoms with van der Waals surface area (Å²) in [5.74, 6) is 1.46. The van der Waals surface area contributed by atoms with Crippen molar-refractivity contribution in [3.8, 4) is 5.69 Å². The first-order chi connectivity index (χ1) is 11.3. The van der Waals surface area contributed by atoms with Crippen LogP contribution < -0.4 is 4.57 Å². The highest BCUT2D eigenvalue weighted by Crippen LogP contribution is 2.32. The zero-order chi connectivity index (χ0) is 17.5. The molecule has 1 aromatic carbocycles. The molecule has 1 fully saturated rings. The lowest BCUT2D eigenvalue weighted by Crippen LogP contribution is -2.49. The molecule has 0 saturated heterocycles. The summed E-state index contributed by atoms with van der Waals surface area (Å²) >= 11 is 0. The van der Waals surface area contributed by atoms with Crippen LogP contribution in [0.5, 0.6) is 0 Å². The van der Waals surface area contributed by atoms with E-state index in [4.69, 9.17) is 0 Å². The van der Waals surface area contributed by atoms with Crippen LogP contribution in [0.1, 0.15) is 81.7 Å². The molecule has 2 nitrogen and oxygen atoms in total. The lowest BCUT2D eigenvalue weighted by atomic mass is 9.91. The Hall–Kier alpha value is -1.57. The van der Waals surface area contributed by atoms with Crippen LogP contribution in [0.4, 0.5) is 0 Å². The van der Waals surface area contributed by atoms with Gasteiger partial charge in [0.2, 0.25) is 0 Å². The molecular formula is C22H33N2+. The van der Waals surface area contributed by atoms with Gasteiger partial charge in [-0.25, -0.2) is 4.57 Å². The summed E-state index contributed by atoms with van der Waals surface area (Å²) in [5, 5.41) is 0. The predicted molar refractivity (Wildman–Crippen MR) is 101 cm³/mol. The van der Waals surface area contributed by atoms with Gasteiger partial charge in [-0.2, -0.15) is 4.57 Å². The number of hydrogen-bond acceptors (Lipinski definition) is 0. The summed E-state index contributed by atoms with van der Waals surface area (Å²) in [6.07, 6.45) is 6.79. The third kappa shape index (κ3) is 2.92. The Morgan fingerprint density at radius 3 is 2.17 bits per heavy atom. The Morgan fingerprint density at radius 2 is 1.58 bits per heavy atom. The molecule has 0 unspecified atom stereocenters. The Bertz CT molecular complexity index is 725. The summed E-state index contributed by atoms with van der Waals surface area (Å²) in [7, 11) is 0. The number of aryl methyl sites for hydroxylation is 1. The highest BCUT2D eigenvalue weighted by molar-refractivity contribution is 5.43. The maximum atomic E-state index is 2.68. The Morgan fingerprint density at radius 1 is 0.958 bits per heavy atom. The van der Waals surface area contributed by atoms with Gasteiger partial charge >= 0.3 is 0 Å². The standard InChI is InChI=1S/C22H33N2/c1-16-12-10-11-15-20(16)24-18(3)17(2)23(21(24)22(4,5)6)19-13-8-7-9-14-19/h10-12,15,19H,7-9,13-14H2,1-6H3/q+1. The first kappa shape index (κ1) is 17.3. The fourth-order valence-electron chi connectivity index (χ4n) is 4.35. The van der Waals surface area contributed by atoms with Gasteiger partial charge in [-0.3, -0.25) is 0 Å². The van der Waals surface area contributed by atoms with Gasteiger partial charge in [0.1, 0.15) is 23.1 Å². The zero-order valence-electron chi connectivity index (χ0n) is 16.3. The van der Waals surface area contributed by atoms with Crippen molar-refractivity contribution in [2.45, 2.75) is 85.1 Å². The third-order valence-electron chi connectivity index (χ3n) is 5.63. The molecule has 2 aromatic rings. The van der Waals surface area contributed by atoms with E-state index in [1.165, 1.54) is 60.6 Å². The molecule has 1 aliphatic rings. The fraction of sp³-hybridized carbons (Fsp3) is 0.591. The minimum absolute atomic E-state index is 0.110. The van der Waals surface area contributed by atoms with Crippen LogP contribution in [-0.4, -0.2) is 4.57 Å². The van der Waals surface area contributed by atoms with Gasteiger partial charge < -0.3 is 0 Å². The van der Waals surface area contributed by atoms with E-state index in [-0.39, 0.29) is 5.41 Å². The SMILES string of the molecule is Cc1ccccc1-n1c(C)c(C)[n+](C2CCCCC2)c1C(C)(C)C. The minimum Gasteiger partial charge on any atom is -0.228 e. The van der Waals surface area contributed by atoms with E-state index in [1.807, 2.05) is 0 Å². The summed E-state index contributed by atoms with van der Waals surface area (Å²) < 4.78 is 5.21. The molecule has 0 atom stereocenters. The molecule has 130 valence electrons. The van der Waals surface area contributed by atoms with E-state index in [0.717, 1.165) is 0 Å². The quantitative estimate of drug-likeness (QED) is 0.645. The molecule has 1 aliphatic carbocycles. The van der Waals surface area contributed by atoms with Gasteiger partial charge in [0.05, 0.1) is 5.41 Å². The Labute approximate surface area is 147 Å². The number of hydrogen-bond donors (Lipinski definition) is 0. The van der Waals surface area contributed by atoms with Crippen molar-refractivity contribution in [2.24, 2.45) is 0 Å². The topological polar surface area (TPSA) is 8.81 Å². The van der Waals surface area contributed by atoms with E-state index in [2.05, 4.69) is 74.9 Å². The summed E-state index contributed by atoms with van der Waals surface area (Å²) in [4.78, 5) is 0. The minimum atomic E-state index is 0.110. The molecule has 1 heterocycles. The van der Waals surface area contributed by atoms with Gasteiger partial charge in [-0.15, -0.1) is 0 Å². The molecular weight excluding hydrogens is 292 g/mol. The summed E-state index contributed by atoms with van der Waals surface area (Å²) in [5.41, 5.74) is 5.61. The third-order valence-corrected chi connectivity index (χ3v) is 5.63. The molecule has 0 N–H and O–H groups in total. The Kier molecular flexibility index (Phi) is 4.59. The van der Waals surface area contributed by atoms with Gasteiger partial charge in [-0.1, -0.05) is 24.6 Å². The van der Waals surface area contributed by atoms with Crippen molar-refractivity contribution in [1.82, 2.24) is 4.57 Å². The number of imidazole rings is 1. The van der Waals surface area contributed by atoms with Gasteiger partial charge in [-0.05, 0) is 65.0 Å². The second-order valence-corrected chi connectivity index (χ2v) is 8.53. The monoisotopic (exact) mass is 325 g/mol. The Balaban J connectivity index is 2.28. The van der Waals surface area contributed by atoms with E-state index in [0.29, 0.717) is 6.04 Å². The van der Waals surface area contributed by atoms with E-state index in [9.17, 15) is 0 Å². The second kappa shape index (κ2) is 6.38. The fourth-order valence-corrected chi connectivity index (χ4v) is 4.35.